The minimum atomic E-state index is -0.676. The number of rotatable bonds is 19. The first-order valence-electron chi connectivity index (χ1n) is 32.7. The van der Waals surface area contributed by atoms with Crippen LogP contribution in [0, 0.1) is 11.6 Å². The topological polar surface area (TPSA) is 261 Å². The Hall–Kier alpha value is -10.4. The fraction of sp³-hybridized carbons (Fsp3) is 0.365. The van der Waals surface area contributed by atoms with E-state index in [1.807, 2.05) is 69.2 Å². The van der Waals surface area contributed by atoms with Crippen LogP contribution in [-0.2, 0) is 47.7 Å². The summed E-state index contributed by atoms with van der Waals surface area (Å²) in [5.74, 6) is 0.217. The van der Waals surface area contributed by atoms with E-state index in [-0.39, 0.29) is 56.6 Å². The molecule has 516 valence electrons. The van der Waals surface area contributed by atoms with Crippen LogP contribution in [0.1, 0.15) is 111 Å². The van der Waals surface area contributed by atoms with Gasteiger partial charge in [-0.3, -0.25) is 33.8 Å². The van der Waals surface area contributed by atoms with E-state index in [1.54, 1.807) is 97.3 Å². The summed E-state index contributed by atoms with van der Waals surface area (Å²) in [7, 11) is 3.04. The molecule has 0 radical (unpaired) electrons. The number of pyridine rings is 2. The Labute approximate surface area is 570 Å². The Morgan fingerprint density at radius 2 is 0.960 bits per heavy atom. The molecule has 2 aliphatic rings. The number of carbonyl (C=O) groups excluding carboxylic acids is 1. The number of esters is 1. The highest BCUT2D eigenvalue weighted by Gasteiger charge is 2.30. The number of carbonyl (C=O) groups is 1. The van der Waals surface area contributed by atoms with Crippen molar-refractivity contribution < 1.29 is 32.9 Å². The fourth-order valence-electron chi connectivity index (χ4n) is 12.0. The number of benzene rings is 4. The highest BCUT2D eigenvalue weighted by Crippen LogP contribution is 2.34. The average molecular weight is 1350 g/mol. The first-order valence-corrected chi connectivity index (χ1v) is 32.7. The standard InChI is InChI=1S/C38H42FN7O5.C36H40FN7O4/c1-23(47)50-21-28-27(10-8-11-32(28)46-36(49)34-24(19-41-46)16-25(17-29(34)39)37(2,3)4)30-18-31(35(48)44(7)43-30)42-33-13-12-26(20-40-33)51-38(5,6)22-45-14-9-15-45;1-35(2,3)23-15-22-18-39-44(34(47)32(22)27(37)16-23)30-10-7-9-25(26(30)20-45)28-17-29(33(46)42(6)41-28)40-31-12-11-24(19-38-31)48-36(4,5)21-43-13-8-14-43/h8,10-13,16-20H,9,14-15,21-22H2,1-7H3,(H,40,42);7,9-12,15-19,45H,8,13-14,20-21H2,1-6H3,(H,38,40). The van der Waals surface area contributed by atoms with Gasteiger partial charge in [0.1, 0.15) is 64.0 Å². The Kier molecular flexibility index (Phi) is 19.7. The molecule has 0 amide bonds. The summed E-state index contributed by atoms with van der Waals surface area (Å²) in [6.07, 6.45) is 8.53. The molecule has 0 aliphatic carbocycles. The highest BCUT2D eigenvalue weighted by atomic mass is 19.1. The van der Waals surface area contributed by atoms with Gasteiger partial charge in [-0.1, -0.05) is 65.8 Å². The molecule has 23 nitrogen and oxygen atoms in total. The molecule has 6 aromatic heterocycles. The van der Waals surface area contributed by atoms with Gasteiger partial charge in [0.05, 0.1) is 64.9 Å². The molecule has 25 heteroatoms. The molecule has 0 bridgehead atoms. The maximum atomic E-state index is 15.5. The second kappa shape index (κ2) is 27.9. The van der Waals surface area contributed by atoms with Gasteiger partial charge < -0.3 is 30.0 Å². The number of aryl methyl sites for hydroxylation is 2. The minimum Gasteiger partial charge on any atom is -0.485 e. The van der Waals surface area contributed by atoms with Crippen molar-refractivity contribution in [2.45, 2.75) is 124 Å². The number of nitrogens with zero attached hydrogens (tertiary/aromatic N) is 12. The third kappa shape index (κ3) is 15.6. The number of nitrogens with one attached hydrogen (secondary N) is 2. The predicted molar refractivity (Wildman–Crippen MR) is 377 cm³/mol. The number of hydrogen-bond donors (Lipinski definition) is 3. The number of aliphatic hydroxyl groups is 1. The number of aliphatic hydroxyl groups excluding tert-OH is 1. The number of fused-ring (bicyclic) bond motifs is 2. The highest BCUT2D eigenvalue weighted by molar-refractivity contribution is 5.84. The molecular formula is C74H82F2N14O9. The van der Waals surface area contributed by atoms with E-state index in [9.17, 15) is 29.1 Å². The first kappa shape index (κ1) is 70.0. The van der Waals surface area contributed by atoms with Crippen molar-refractivity contribution in [3.63, 3.8) is 0 Å². The van der Waals surface area contributed by atoms with Gasteiger partial charge in [-0.25, -0.2) is 28.1 Å². The number of ether oxygens (including phenoxy) is 3. The molecule has 2 saturated heterocycles. The monoisotopic (exact) mass is 1350 g/mol. The molecule has 10 aromatic rings. The van der Waals surface area contributed by atoms with Crippen LogP contribution in [0.15, 0.2) is 141 Å². The van der Waals surface area contributed by atoms with Crippen molar-refractivity contribution in [2.75, 3.05) is 49.9 Å². The lowest BCUT2D eigenvalue weighted by Gasteiger charge is -2.38. The van der Waals surface area contributed by atoms with Gasteiger partial charge in [0.25, 0.3) is 22.2 Å². The molecule has 0 unspecified atom stereocenters. The van der Waals surface area contributed by atoms with Gasteiger partial charge >= 0.3 is 5.97 Å². The van der Waals surface area contributed by atoms with Crippen LogP contribution in [0.5, 0.6) is 11.5 Å². The lowest BCUT2D eigenvalue weighted by Crippen LogP contribution is -2.48. The zero-order valence-electron chi connectivity index (χ0n) is 58.0. The van der Waals surface area contributed by atoms with E-state index in [1.165, 1.54) is 67.8 Å². The van der Waals surface area contributed by atoms with Crippen molar-refractivity contribution in [3.8, 4) is 45.4 Å². The molecule has 4 aromatic carbocycles. The van der Waals surface area contributed by atoms with Gasteiger partial charge in [-0.2, -0.15) is 29.8 Å². The van der Waals surface area contributed by atoms with Crippen molar-refractivity contribution in [2.24, 2.45) is 14.1 Å². The lowest BCUT2D eigenvalue weighted by molar-refractivity contribution is -0.142. The van der Waals surface area contributed by atoms with Crippen LogP contribution in [-0.4, -0.2) is 120 Å². The normalized spacial score (nSPS) is 13.7. The number of halogens is 2. The maximum absolute atomic E-state index is 15.5. The van der Waals surface area contributed by atoms with E-state index >= 15 is 8.78 Å². The Balaban J connectivity index is 0.000000200. The summed E-state index contributed by atoms with van der Waals surface area (Å²) >= 11 is 0. The first-order chi connectivity index (χ1) is 46.8. The van der Waals surface area contributed by atoms with Gasteiger partial charge in [0, 0.05) is 67.1 Å². The van der Waals surface area contributed by atoms with E-state index in [2.05, 4.69) is 50.8 Å². The molecule has 3 N–H and O–H groups in total. The van der Waals surface area contributed by atoms with Crippen LogP contribution in [0.3, 0.4) is 0 Å². The third-order valence-electron chi connectivity index (χ3n) is 17.3. The number of likely N-dealkylation sites (tertiary alicyclic amines) is 2. The van der Waals surface area contributed by atoms with E-state index < -0.39 is 52.0 Å². The Bertz CT molecular complexity index is 4970. The smallest absolute Gasteiger partial charge is 0.302 e. The van der Waals surface area contributed by atoms with Crippen LogP contribution < -0.4 is 42.3 Å². The summed E-state index contributed by atoms with van der Waals surface area (Å²) < 4.78 is 53.2. The van der Waals surface area contributed by atoms with Crippen molar-refractivity contribution in [1.29, 1.82) is 0 Å². The molecule has 0 spiro atoms. The molecule has 2 fully saturated rings. The molecule has 99 heavy (non-hydrogen) atoms. The second-order valence-electron chi connectivity index (χ2n) is 28.3. The van der Waals surface area contributed by atoms with Crippen molar-refractivity contribution in [1.82, 2.24) is 58.9 Å². The SMILES string of the molecule is CC(=O)OCc1c(-c2cc(Nc3ccc(OC(C)(C)CN4CCC4)cn3)c(=O)n(C)n2)cccc1-n1ncc2cc(C(C)(C)C)cc(F)c2c1=O.Cn1nc(-c2cccc(-n3ncc4cc(C(C)(C)C)cc(F)c4c3=O)c2CO)cc(Nc2ccc(OC(C)(C)CN3CCC3)cn2)c1=O. The van der Waals surface area contributed by atoms with Gasteiger partial charge in [0.2, 0.25) is 0 Å². The maximum Gasteiger partial charge on any atom is 0.302 e. The summed E-state index contributed by atoms with van der Waals surface area (Å²) in [6, 6.07) is 26.5. The van der Waals surface area contributed by atoms with Crippen molar-refractivity contribution >= 4 is 50.5 Å². The van der Waals surface area contributed by atoms with Crippen molar-refractivity contribution in [3.05, 3.63) is 197 Å². The quantitative estimate of drug-likeness (QED) is 0.0636. The molecule has 0 saturated carbocycles. The Morgan fingerprint density at radius 3 is 1.32 bits per heavy atom. The van der Waals surface area contributed by atoms with Crippen LogP contribution >= 0.6 is 0 Å². The average Bonchev–Trinajstić information content (AvgIpc) is 0.762. The van der Waals surface area contributed by atoms with Crippen LogP contribution in [0.4, 0.5) is 31.8 Å². The summed E-state index contributed by atoms with van der Waals surface area (Å²) in [5, 5.41) is 35.0. The zero-order chi connectivity index (χ0) is 71.0. The third-order valence-corrected chi connectivity index (χ3v) is 17.3. The summed E-state index contributed by atoms with van der Waals surface area (Å²) in [4.78, 5) is 79.4. The largest absolute Gasteiger partial charge is 0.485 e. The number of anilines is 4. The van der Waals surface area contributed by atoms with E-state index in [0.717, 1.165) is 59.8 Å². The van der Waals surface area contributed by atoms with Crippen LogP contribution in [0.2, 0.25) is 0 Å². The van der Waals surface area contributed by atoms with E-state index in [0.29, 0.717) is 67.5 Å². The number of aromatic nitrogens is 10. The molecule has 2 aliphatic heterocycles. The number of hydrogen-bond acceptors (Lipinski definition) is 19. The van der Waals surface area contributed by atoms with Crippen LogP contribution in [0.25, 0.3) is 55.4 Å². The van der Waals surface area contributed by atoms with Gasteiger partial charge in [-0.05, 0) is 161 Å². The second-order valence-corrected chi connectivity index (χ2v) is 28.3. The summed E-state index contributed by atoms with van der Waals surface area (Å²) in [5.41, 5.74) is 1.14. The zero-order valence-corrected chi connectivity index (χ0v) is 58.0. The fourth-order valence-corrected chi connectivity index (χ4v) is 12.0. The minimum absolute atomic E-state index is 0.0948. The molecule has 12 rings (SSSR count). The summed E-state index contributed by atoms with van der Waals surface area (Å²) in [6.45, 7) is 26.4. The van der Waals surface area contributed by atoms with Gasteiger partial charge in [-0.15, -0.1) is 0 Å². The molecule has 0 atom stereocenters. The lowest BCUT2D eigenvalue weighted by atomic mass is 9.86. The van der Waals surface area contributed by atoms with E-state index in [4.69, 9.17) is 14.2 Å². The predicted octanol–water partition coefficient (Wildman–Crippen LogP) is 10.7. The van der Waals surface area contributed by atoms with Gasteiger partial charge in [0.15, 0.2) is 0 Å². The molecular weight excluding hydrogens is 1270 g/mol. The molecule has 8 heterocycles. The Morgan fingerprint density at radius 1 is 0.545 bits per heavy atom.